The van der Waals surface area contributed by atoms with Gasteiger partial charge in [0.15, 0.2) is 0 Å². The largest absolute Gasteiger partial charge is 0.469 e. The molecule has 0 unspecified atom stereocenters. The van der Waals surface area contributed by atoms with E-state index in [-0.39, 0.29) is 6.10 Å². The Labute approximate surface area is 77.7 Å². The van der Waals surface area contributed by atoms with Gasteiger partial charge < -0.3 is 9.47 Å². The van der Waals surface area contributed by atoms with Crippen LogP contribution in [0.1, 0.15) is 11.3 Å². The molecule has 13 heavy (non-hydrogen) atoms. The van der Waals surface area contributed by atoms with Crippen molar-refractivity contribution in [1.29, 1.82) is 0 Å². The van der Waals surface area contributed by atoms with Crippen LogP contribution in [0, 0.1) is 13.8 Å². The van der Waals surface area contributed by atoms with Crippen molar-refractivity contribution >= 4 is 0 Å². The molecule has 3 nitrogen and oxygen atoms in total. The average molecular weight is 179 g/mol. The molecule has 2 heterocycles. The second-order valence-corrected chi connectivity index (χ2v) is 3.40. The summed E-state index contributed by atoms with van der Waals surface area (Å²) >= 11 is 0. The second kappa shape index (κ2) is 3.34. The SMILES string of the molecule is Cc1cc(C)nc(OC2COC2)c1. The minimum absolute atomic E-state index is 0.202. The Kier molecular flexibility index (Phi) is 2.19. The van der Waals surface area contributed by atoms with Gasteiger partial charge in [-0.1, -0.05) is 0 Å². The number of hydrogen-bond donors (Lipinski definition) is 0. The molecular formula is C10H13NO2. The molecule has 1 aliphatic heterocycles. The zero-order valence-corrected chi connectivity index (χ0v) is 7.91. The van der Waals surface area contributed by atoms with Crippen LogP contribution in [0.3, 0.4) is 0 Å². The highest BCUT2D eigenvalue weighted by Crippen LogP contribution is 2.15. The monoisotopic (exact) mass is 179 g/mol. The topological polar surface area (TPSA) is 31.4 Å². The molecule has 1 aromatic heterocycles. The predicted octanol–water partition coefficient (Wildman–Crippen LogP) is 1.48. The molecule has 1 saturated heterocycles. The van der Waals surface area contributed by atoms with E-state index in [4.69, 9.17) is 9.47 Å². The fraction of sp³-hybridized carbons (Fsp3) is 0.500. The number of pyridine rings is 1. The van der Waals surface area contributed by atoms with Crippen molar-refractivity contribution in [2.75, 3.05) is 13.2 Å². The van der Waals surface area contributed by atoms with Crippen LogP contribution in [0.15, 0.2) is 12.1 Å². The number of hydrogen-bond acceptors (Lipinski definition) is 3. The van der Waals surface area contributed by atoms with Crippen molar-refractivity contribution in [3.05, 3.63) is 23.4 Å². The lowest BCUT2D eigenvalue weighted by atomic mass is 10.2. The smallest absolute Gasteiger partial charge is 0.214 e. The van der Waals surface area contributed by atoms with Crippen molar-refractivity contribution in [3.8, 4) is 5.88 Å². The molecule has 0 radical (unpaired) electrons. The van der Waals surface area contributed by atoms with Crippen LogP contribution >= 0.6 is 0 Å². The van der Waals surface area contributed by atoms with Crippen molar-refractivity contribution in [2.24, 2.45) is 0 Å². The maximum atomic E-state index is 5.58. The Bertz CT molecular complexity index is 288. The molecule has 2 rings (SSSR count). The minimum Gasteiger partial charge on any atom is -0.469 e. The Morgan fingerprint density at radius 2 is 2.15 bits per heavy atom. The second-order valence-electron chi connectivity index (χ2n) is 3.40. The van der Waals surface area contributed by atoms with E-state index in [1.54, 1.807) is 0 Å². The molecule has 1 aromatic rings. The first-order chi connectivity index (χ1) is 6.24. The summed E-state index contributed by atoms with van der Waals surface area (Å²) in [5.41, 5.74) is 2.18. The van der Waals surface area contributed by atoms with Crippen LogP contribution in [-0.2, 0) is 4.74 Å². The molecule has 0 N–H and O–H groups in total. The highest BCUT2D eigenvalue weighted by atomic mass is 16.6. The van der Waals surface area contributed by atoms with Crippen LogP contribution in [0.25, 0.3) is 0 Å². The minimum atomic E-state index is 0.202. The first-order valence-electron chi connectivity index (χ1n) is 4.44. The predicted molar refractivity (Wildman–Crippen MR) is 48.9 cm³/mol. The van der Waals surface area contributed by atoms with E-state index in [1.807, 2.05) is 26.0 Å². The van der Waals surface area contributed by atoms with Crippen LogP contribution in [0.5, 0.6) is 5.88 Å². The van der Waals surface area contributed by atoms with E-state index in [2.05, 4.69) is 4.98 Å². The van der Waals surface area contributed by atoms with Crippen LogP contribution in [0.2, 0.25) is 0 Å². The molecule has 0 amide bonds. The molecule has 3 heteroatoms. The zero-order chi connectivity index (χ0) is 9.26. The van der Waals surface area contributed by atoms with Gasteiger partial charge >= 0.3 is 0 Å². The van der Waals surface area contributed by atoms with Crippen LogP contribution < -0.4 is 4.74 Å². The fourth-order valence-corrected chi connectivity index (χ4v) is 1.32. The normalized spacial score (nSPS) is 16.8. The Hall–Kier alpha value is -1.09. The summed E-state index contributed by atoms with van der Waals surface area (Å²) in [7, 11) is 0. The van der Waals surface area contributed by atoms with Crippen molar-refractivity contribution in [2.45, 2.75) is 20.0 Å². The summed E-state index contributed by atoms with van der Waals surface area (Å²) in [5.74, 6) is 0.714. The van der Waals surface area contributed by atoms with Gasteiger partial charge in [0.1, 0.15) is 6.10 Å². The molecule has 1 fully saturated rings. The first-order valence-corrected chi connectivity index (χ1v) is 4.44. The van der Waals surface area contributed by atoms with E-state index in [1.165, 1.54) is 5.56 Å². The Morgan fingerprint density at radius 1 is 1.38 bits per heavy atom. The number of ether oxygens (including phenoxy) is 2. The molecule has 0 spiro atoms. The quantitative estimate of drug-likeness (QED) is 0.689. The number of rotatable bonds is 2. The highest BCUT2D eigenvalue weighted by molar-refractivity contribution is 5.23. The number of nitrogens with zero attached hydrogens (tertiary/aromatic N) is 1. The molecule has 0 saturated carbocycles. The van der Waals surface area contributed by atoms with Gasteiger partial charge in [0, 0.05) is 11.8 Å². The Morgan fingerprint density at radius 3 is 2.69 bits per heavy atom. The summed E-state index contributed by atoms with van der Waals surface area (Å²) in [6.45, 7) is 5.39. The molecule has 0 bridgehead atoms. The van der Waals surface area contributed by atoms with E-state index in [0.717, 1.165) is 5.69 Å². The zero-order valence-electron chi connectivity index (χ0n) is 7.91. The third-order valence-corrected chi connectivity index (χ3v) is 1.97. The lowest BCUT2D eigenvalue weighted by molar-refractivity contribution is -0.0813. The standard InChI is InChI=1S/C10H13NO2/c1-7-3-8(2)11-10(4-7)13-9-5-12-6-9/h3-4,9H,5-6H2,1-2H3. The van der Waals surface area contributed by atoms with Gasteiger partial charge in [0.2, 0.25) is 5.88 Å². The van der Waals surface area contributed by atoms with Gasteiger partial charge in [-0.15, -0.1) is 0 Å². The van der Waals surface area contributed by atoms with Crippen LogP contribution in [-0.4, -0.2) is 24.3 Å². The third-order valence-electron chi connectivity index (χ3n) is 1.97. The van der Waals surface area contributed by atoms with Crippen LogP contribution in [0.4, 0.5) is 0 Å². The molecule has 1 aliphatic rings. The molecular weight excluding hydrogens is 166 g/mol. The summed E-state index contributed by atoms with van der Waals surface area (Å²) in [6.07, 6.45) is 0.202. The van der Waals surface area contributed by atoms with Gasteiger partial charge in [0.05, 0.1) is 13.2 Å². The van der Waals surface area contributed by atoms with Gasteiger partial charge in [-0.25, -0.2) is 4.98 Å². The van der Waals surface area contributed by atoms with Gasteiger partial charge in [0.25, 0.3) is 0 Å². The van der Waals surface area contributed by atoms with E-state index < -0.39 is 0 Å². The fourth-order valence-electron chi connectivity index (χ4n) is 1.32. The molecule has 0 atom stereocenters. The molecule has 0 aliphatic carbocycles. The average Bonchev–Trinajstić information content (AvgIpc) is 1.95. The highest BCUT2D eigenvalue weighted by Gasteiger charge is 2.20. The lowest BCUT2D eigenvalue weighted by Gasteiger charge is -2.26. The first kappa shape index (κ1) is 8.51. The third kappa shape index (κ3) is 1.98. The van der Waals surface area contributed by atoms with Gasteiger partial charge in [-0.2, -0.15) is 0 Å². The lowest BCUT2D eigenvalue weighted by Crippen LogP contribution is -2.38. The number of aromatic nitrogens is 1. The van der Waals surface area contributed by atoms with E-state index in [9.17, 15) is 0 Å². The van der Waals surface area contributed by atoms with E-state index >= 15 is 0 Å². The summed E-state index contributed by atoms with van der Waals surface area (Å²) in [5, 5.41) is 0. The maximum Gasteiger partial charge on any atom is 0.214 e. The summed E-state index contributed by atoms with van der Waals surface area (Å²) in [4.78, 5) is 4.28. The van der Waals surface area contributed by atoms with Crippen molar-refractivity contribution in [1.82, 2.24) is 4.98 Å². The van der Waals surface area contributed by atoms with Gasteiger partial charge in [-0.05, 0) is 25.5 Å². The molecule has 0 aromatic carbocycles. The Balaban J connectivity index is 2.10. The van der Waals surface area contributed by atoms with E-state index in [0.29, 0.717) is 19.1 Å². The molecule has 70 valence electrons. The van der Waals surface area contributed by atoms with Gasteiger partial charge in [-0.3, -0.25) is 0 Å². The number of aryl methyl sites for hydroxylation is 2. The maximum absolute atomic E-state index is 5.58. The summed E-state index contributed by atoms with van der Waals surface area (Å²) in [6, 6.07) is 3.98. The summed E-state index contributed by atoms with van der Waals surface area (Å²) < 4.78 is 10.6. The van der Waals surface area contributed by atoms with Crippen molar-refractivity contribution in [3.63, 3.8) is 0 Å². The van der Waals surface area contributed by atoms with Crippen molar-refractivity contribution < 1.29 is 9.47 Å².